The van der Waals surface area contributed by atoms with Crippen molar-refractivity contribution < 1.29 is 9.47 Å². The number of fused-ring (bicyclic) bond motifs is 3. The molecule has 96 valence electrons. The van der Waals surface area contributed by atoms with Crippen molar-refractivity contribution in [2.24, 2.45) is 11.7 Å². The average molecular weight is 245 g/mol. The summed E-state index contributed by atoms with van der Waals surface area (Å²) in [4.78, 5) is 0. The topological polar surface area (TPSA) is 44.5 Å². The first kappa shape index (κ1) is 10.8. The lowest BCUT2D eigenvalue weighted by atomic mass is 9.81. The van der Waals surface area contributed by atoms with Crippen LogP contribution >= 0.6 is 0 Å². The van der Waals surface area contributed by atoms with Gasteiger partial charge in [-0.15, -0.1) is 0 Å². The second kappa shape index (κ2) is 3.97. The quantitative estimate of drug-likeness (QED) is 0.868. The van der Waals surface area contributed by atoms with Gasteiger partial charge in [0.1, 0.15) is 5.75 Å². The van der Waals surface area contributed by atoms with E-state index < -0.39 is 0 Å². The molecule has 4 unspecified atom stereocenters. The van der Waals surface area contributed by atoms with E-state index in [0.29, 0.717) is 18.1 Å². The van der Waals surface area contributed by atoms with Crippen LogP contribution in [0, 0.1) is 5.92 Å². The highest BCUT2D eigenvalue weighted by Crippen LogP contribution is 2.46. The average Bonchev–Trinajstić information content (AvgIpc) is 3.12. The number of hydrogen-bond acceptors (Lipinski definition) is 3. The zero-order valence-electron chi connectivity index (χ0n) is 10.5. The maximum Gasteiger partial charge on any atom is 0.127 e. The van der Waals surface area contributed by atoms with Crippen LogP contribution in [-0.4, -0.2) is 18.8 Å². The molecule has 1 aromatic carbocycles. The minimum atomic E-state index is 0.0633. The molecule has 0 amide bonds. The van der Waals surface area contributed by atoms with E-state index in [1.54, 1.807) is 0 Å². The van der Waals surface area contributed by atoms with Gasteiger partial charge in [0.2, 0.25) is 0 Å². The molecule has 0 aromatic heterocycles. The first-order valence-corrected chi connectivity index (χ1v) is 6.98. The summed E-state index contributed by atoms with van der Waals surface area (Å²) in [7, 11) is 0. The summed E-state index contributed by atoms with van der Waals surface area (Å²) in [6, 6.07) is 6.45. The summed E-state index contributed by atoms with van der Waals surface area (Å²) in [5.74, 6) is 1.52. The predicted molar refractivity (Wildman–Crippen MR) is 68.6 cm³/mol. The predicted octanol–water partition coefficient (Wildman–Crippen LogP) is 2.19. The van der Waals surface area contributed by atoms with Crippen LogP contribution in [0.3, 0.4) is 0 Å². The molecule has 3 nitrogen and oxygen atoms in total. The van der Waals surface area contributed by atoms with Gasteiger partial charge in [-0.1, -0.05) is 18.2 Å². The third-order valence-corrected chi connectivity index (χ3v) is 4.72. The van der Waals surface area contributed by atoms with Gasteiger partial charge in [0.25, 0.3) is 0 Å². The van der Waals surface area contributed by atoms with E-state index >= 15 is 0 Å². The Morgan fingerprint density at radius 1 is 1.28 bits per heavy atom. The van der Waals surface area contributed by atoms with E-state index in [1.807, 2.05) is 0 Å². The number of hydrogen-bond donors (Lipinski definition) is 1. The second-order valence-corrected chi connectivity index (χ2v) is 5.73. The van der Waals surface area contributed by atoms with Gasteiger partial charge >= 0.3 is 0 Å². The summed E-state index contributed by atoms with van der Waals surface area (Å²) >= 11 is 0. The first-order valence-electron chi connectivity index (χ1n) is 6.98. The Labute approximate surface area is 107 Å². The molecule has 3 heterocycles. The fraction of sp³-hybridized carbons (Fsp3) is 0.600. The molecule has 0 radical (unpaired) electrons. The summed E-state index contributed by atoms with van der Waals surface area (Å²) in [5, 5.41) is 0. The van der Waals surface area contributed by atoms with Gasteiger partial charge in [-0.05, 0) is 24.8 Å². The monoisotopic (exact) mass is 245 g/mol. The van der Waals surface area contributed by atoms with Gasteiger partial charge in [0.15, 0.2) is 0 Å². The van der Waals surface area contributed by atoms with Crippen LogP contribution in [-0.2, 0) is 11.2 Å². The second-order valence-electron chi connectivity index (χ2n) is 5.73. The number of para-hydroxylation sites is 1. The van der Waals surface area contributed by atoms with Crippen LogP contribution in [0.15, 0.2) is 18.2 Å². The van der Waals surface area contributed by atoms with Crippen molar-refractivity contribution in [2.45, 2.75) is 43.9 Å². The van der Waals surface area contributed by atoms with Crippen molar-refractivity contribution in [3.8, 4) is 5.75 Å². The van der Waals surface area contributed by atoms with Crippen LogP contribution in [0.1, 0.15) is 36.4 Å². The number of benzene rings is 1. The molecule has 3 heteroatoms. The van der Waals surface area contributed by atoms with E-state index in [-0.39, 0.29) is 6.04 Å². The van der Waals surface area contributed by atoms with Crippen molar-refractivity contribution in [1.82, 2.24) is 0 Å². The Kier molecular flexibility index (Phi) is 2.39. The molecule has 3 aliphatic rings. The highest BCUT2D eigenvalue weighted by atomic mass is 16.5. The van der Waals surface area contributed by atoms with Gasteiger partial charge in [0.05, 0.1) is 18.8 Å². The Balaban J connectivity index is 1.65. The van der Waals surface area contributed by atoms with Gasteiger partial charge in [0, 0.05) is 23.9 Å². The van der Waals surface area contributed by atoms with E-state index in [4.69, 9.17) is 15.2 Å². The zero-order chi connectivity index (χ0) is 12.1. The molecular weight excluding hydrogens is 226 g/mol. The minimum Gasteiger partial charge on any atom is -0.493 e. The molecule has 4 rings (SSSR count). The lowest BCUT2D eigenvalue weighted by Crippen LogP contribution is -2.29. The molecule has 2 N–H and O–H groups in total. The van der Waals surface area contributed by atoms with Crippen molar-refractivity contribution in [1.29, 1.82) is 0 Å². The van der Waals surface area contributed by atoms with Crippen LogP contribution < -0.4 is 10.5 Å². The lowest BCUT2D eigenvalue weighted by Gasteiger charge is -2.26. The van der Waals surface area contributed by atoms with E-state index in [2.05, 4.69) is 18.2 Å². The van der Waals surface area contributed by atoms with Crippen molar-refractivity contribution in [2.75, 3.05) is 6.61 Å². The molecule has 0 aliphatic carbocycles. The van der Waals surface area contributed by atoms with Gasteiger partial charge < -0.3 is 15.2 Å². The van der Waals surface area contributed by atoms with Crippen LogP contribution in [0.4, 0.5) is 0 Å². The Morgan fingerprint density at radius 2 is 2.22 bits per heavy atom. The maximum atomic E-state index is 6.50. The molecule has 0 spiro atoms. The molecule has 1 aromatic rings. The minimum absolute atomic E-state index is 0.0633. The molecule has 18 heavy (non-hydrogen) atoms. The molecule has 2 bridgehead atoms. The van der Waals surface area contributed by atoms with Crippen LogP contribution in [0.25, 0.3) is 0 Å². The van der Waals surface area contributed by atoms with E-state index in [0.717, 1.165) is 25.2 Å². The van der Waals surface area contributed by atoms with Crippen molar-refractivity contribution in [3.05, 3.63) is 29.3 Å². The SMILES string of the molecule is NC(c1cccc2c1OCC2)C1CC2CCC1O2. The van der Waals surface area contributed by atoms with Gasteiger partial charge in [-0.2, -0.15) is 0 Å². The standard InChI is InChI=1S/C15H19NO2/c16-14(12-8-10-4-5-13(12)18-10)11-3-1-2-9-6-7-17-15(9)11/h1-3,10,12-14H,4-8,16H2. The highest BCUT2D eigenvalue weighted by molar-refractivity contribution is 5.46. The lowest BCUT2D eigenvalue weighted by molar-refractivity contribution is 0.0883. The van der Waals surface area contributed by atoms with Crippen molar-refractivity contribution >= 4 is 0 Å². The van der Waals surface area contributed by atoms with Gasteiger partial charge in [-0.25, -0.2) is 0 Å². The summed E-state index contributed by atoms with van der Waals surface area (Å²) in [5.41, 5.74) is 9.00. The maximum absolute atomic E-state index is 6.50. The Bertz CT molecular complexity index is 474. The fourth-order valence-corrected chi connectivity index (χ4v) is 3.79. The third kappa shape index (κ3) is 1.50. The number of nitrogens with two attached hydrogens (primary N) is 1. The summed E-state index contributed by atoms with van der Waals surface area (Å²) in [6.45, 7) is 0.798. The van der Waals surface area contributed by atoms with E-state index in [1.165, 1.54) is 24.0 Å². The summed E-state index contributed by atoms with van der Waals surface area (Å²) < 4.78 is 11.7. The Hall–Kier alpha value is -1.06. The first-order chi connectivity index (χ1) is 8.83. The number of ether oxygens (including phenoxy) is 2. The molecule has 4 atom stereocenters. The third-order valence-electron chi connectivity index (χ3n) is 4.72. The fourth-order valence-electron chi connectivity index (χ4n) is 3.79. The summed E-state index contributed by atoms with van der Waals surface area (Å²) in [6.07, 6.45) is 5.38. The molecular formula is C15H19NO2. The zero-order valence-corrected chi connectivity index (χ0v) is 10.5. The Morgan fingerprint density at radius 3 is 3.00 bits per heavy atom. The number of rotatable bonds is 2. The van der Waals surface area contributed by atoms with Gasteiger partial charge in [-0.3, -0.25) is 0 Å². The molecule has 2 saturated heterocycles. The molecule has 2 fully saturated rings. The smallest absolute Gasteiger partial charge is 0.127 e. The van der Waals surface area contributed by atoms with Crippen molar-refractivity contribution in [3.63, 3.8) is 0 Å². The molecule has 3 aliphatic heterocycles. The van der Waals surface area contributed by atoms with Crippen LogP contribution in [0.5, 0.6) is 5.75 Å². The molecule has 0 saturated carbocycles. The largest absolute Gasteiger partial charge is 0.493 e. The van der Waals surface area contributed by atoms with Crippen LogP contribution in [0.2, 0.25) is 0 Å². The highest BCUT2D eigenvalue weighted by Gasteiger charge is 2.44. The van der Waals surface area contributed by atoms with E-state index in [9.17, 15) is 0 Å². The normalized spacial score (nSPS) is 34.4.